The third kappa shape index (κ3) is 6.93. The highest BCUT2D eigenvalue weighted by Gasteiger charge is 2.01. The molecule has 126 valence electrons. The van der Waals surface area contributed by atoms with Crippen molar-refractivity contribution in [1.82, 2.24) is 0 Å². The predicted molar refractivity (Wildman–Crippen MR) is 99.0 cm³/mol. The summed E-state index contributed by atoms with van der Waals surface area (Å²) in [6.45, 7) is 6.98. The van der Waals surface area contributed by atoms with E-state index < -0.39 is 0 Å². The van der Waals surface area contributed by atoms with Gasteiger partial charge in [0.25, 0.3) is 0 Å². The van der Waals surface area contributed by atoms with E-state index in [0.717, 1.165) is 24.8 Å². The van der Waals surface area contributed by atoms with Gasteiger partial charge >= 0.3 is 0 Å². The first kappa shape index (κ1) is 18.2. The Hall–Kier alpha value is -2.19. The minimum Gasteiger partial charge on any atom is -0.372 e. The second kappa shape index (κ2) is 9.84. The van der Waals surface area contributed by atoms with Crippen molar-refractivity contribution in [1.29, 1.82) is 0 Å². The standard InChI is InChI=1S/C22H26O2/c1-18(16-24-17-22-6-4-3-5-7-22)8-10-20-12-14-21(15-13-20)11-9-19(2)23/h3-7,12-15H,1,8-11,16-17H2,2H3. The maximum atomic E-state index is 11.0. The molecule has 0 bridgehead atoms. The van der Waals surface area contributed by atoms with Gasteiger partial charge in [-0.3, -0.25) is 0 Å². The fourth-order valence-electron chi connectivity index (χ4n) is 2.47. The molecular formula is C22H26O2. The molecule has 0 heterocycles. The van der Waals surface area contributed by atoms with Crippen LogP contribution >= 0.6 is 0 Å². The molecule has 0 saturated heterocycles. The molecule has 0 aliphatic carbocycles. The average Bonchev–Trinajstić information content (AvgIpc) is 2.60. The lowest BCUT2D eigenvalue weighted by molar-refractivity contribution is -0.116. The van der Waals surface area contributed by atoms with E-state index in [2.05, 4.69) is 43.0 Å². The first-order valence-electron chi connectivity index (χ1n) is 8.49. The number of carbonyl (C=O) groups is 1. The van der Waals surface area contributed by atoms with Crippen LogP contribution in [0.4, 0.5) is 0 Å². The number of carbonyl (C=O) groups excluding carboxylic acids is 1. The van der Waals surface area contributed by atoms with Gasteiger partial charge in [0.05, 0.1) is 13.2 Å². The van der Waals surface area contributed by atoms with Crippen molar-refractivity contribution in [3.63, 3.8) is 0 Å². The van der Waals surface area contributed by atoms with Gasteiger partial charge in [-0.2, -0.15) is 0 Å². The highest BCUT2D eigenvalue weighted by atomic mass is 16.5. The smallest absolute Gasteiger partial charge is 0.130 e. The second-order valence-corrected chi connectivity index (χ2v) is 6.25. The summed E-state index contributed by atoms with van der Waals surface area (Å²) < 4.78 is 5.71. The molecule has 0 N–H and O–H groups in total. The monoisotopic (exact) mass is 322 g/mol. The van der Waals surface area contributed by atoms with Gasteiger partial charge in [0.1, 0.15) is 5.78 Å². The predicted octanol–water partition coefficient (Wildman–Crippen LogP) is 4.91. The molecule has 0 aliphatic rings. The van der Waals surface area contributed by atoms with Crippen LogP contribution in [0.2, 0.25) is 0 Å². The van der Waals surface area contributed by atoms with Gasteiger partial charge in [-0.05, 0) is 42.9 Å². The number of rotatable bonds is 10. The van der Waals surface area contributed by atoms with Crippen molar-refractivity contribution in [2.75, 3.05) is 6.61 Å². The van der Waals surface area contributed by atoms with Crippen LogP contribution in [-0.4, -0.2) is 12.4 Å². The molecule has 2 aromatic rings. The molecule has 2 aromatic carbocycles. The molecule has 0 radical (unpaired) electrons. The van der Waals surface area contributed by atoms with Gasteiger partial charge in [-0.25, -0.2) is 0 Å². The number of ketones is 1. The third-order valence-electron chi connectivity index (χ3n) is 3.97. The summed E-state index contributed by atoms with van der Waals surface area (Å²) in [5, 5.41) is 0. The zero-order valence-corrected chi connectivity index (χ0v) is 14.5. The first-order valence-corrected chi connectivity index (χ1v) is 8.49. The molecule has 0 spiro atoms. The molecule has 0 unspecified atom stereocenters. The van der Waals surface area contributed by atoms with Crippen LogP contribution in [0.25, 0.3) is 0 Å². The molecular weight excluding hydrogens is 296 g/mol. The largest absolute Gasteiger partial charge is 0.372 e. The normalized spacial score (nSPS) is 10.5. The van der Waals surface area contributed by atoms with Crippen LogP contribution in [0.5, 0.6) is 0 Å². The Morgan fingerprint density at radius 1 is 0.875 bits per heavy atom. The van der Waals surface area contributed by atoms with Crippen LogP contribution in [0.1, 0.15) is 36.5 Å². The van der Waals surface area contributed by atoms with E-state index in [4.69, 9.17) is 4.74 Å². The van der Waals surface area contributed by atoms with Crippen LogP contribution in [0, 0.1) is 0 Å². The molecule has 0 amide bonds. The maximum Gasteiger partial charge on any atom is 0.130 e. The third-order valence-corrected chi connectivity index (χ3v) is 3.97. The van der Waals surface area contributed by atoms with Crippen molar-refractivity contribution in [2.45, 2.75) is 39.2 Å². The van der Waals surface area contributed by atoms with E-state index in [0.29, 0.717) is 19.6 Å². The lowest BCUT2D eigenvalue weighted by Gasteiger charge is -2.08. The van der Waals surface area contributed by atoms with Crippen LogP contribution in [-0.2, 0) is 29.0 Å². The van der Waals surface area contributed by atoms with E-state index in [1.165, 1.54) is 16.7 Å². The molecule has 0 saturated carbocycles. The molecule has 2 heteroatoms. The molecule has 24 heavy (non-hydrogen) atoms. The summed E-state index contributed by atoms with van der Waals surface area (Å²) in [5.41, 5.74) is 4.82. The Labute approximate surface area is 145 Å². The molecule has 0 aliphatic heterocycles. The fraction of sp³-hybridized carbons (Fsp3) is 0.318. The molecule has 2 nitrogen and oxygen atoms in total. The number of ether oxygens (including phenoxy) is 1. The van der Waals surface area contributed by atoms with Gasteiger partial charge in [0.2, 0.25) is 0 Å². The lowest BCUT2D eigenvalue weighted by Crippen LogP contribution is -2.00. The lowest BCUT2D eigenvalue weighted by atomic mass is 10.0. The molecule has 0 aromatic heterocycles. The number of Topliss-reactive ketones (excluding diaryl/α,β-unsaturated/α-hetero) is 1. The fourth-order valence-corrected chi connectivity index (χ4v) is 2.47. The SMILES string of the molecule is C=C(CCc1ccc(CCC(C)=O)cc1)COCc1ccccc1. The molecule has 0 fully saturated rings. The van der Waals surface area contributed by atoms with E-state index in [1.54, 1.807) is 6.92 Å². The summed E-state index contributed by atoms with van der Waals surface area (Å²) >= 11 is 0. The van der Waals surface area contributed by atoms with E-state index in [9.17, 15) is 4.79 Å². The summed E-state index contributed by atoms with van der Waals surface area (Å²) in [4.78, 5) is 11.0. The summed E-state index contributed by atoms with van der Waals surface area (Å²) in [6, 6.07) is 18.7. The summed E-state index contributed by atoms with van der Waals surface area (Å²) in [7, 11) is 0. The molecule has 0 atom stereocenters. The number of hydrogen-bond acceptors (Lipinski definition) is 2. The average molecular weight is 322 g/mol. The minimum atomic E-state index is 0.242. The van der Waals surface area contributed by atoms with Crippen molar-refractivity contribution in [2.24, 2.45) is 0 Å². The zero-order valence-electron chi connectivity index (χ0n) is 14.5. The van der Waals surface area contributed by atoms with Crippen molar-refractivity contribution in [3.8, 4) is 0 Å². The first-order chi connectivity index (χ1) is 11.6. The Kier molecular flexibility index (Phi) is 7.44. The Morgan fingerprint density at radius 3 is 2.04 bits per heavy atom. The highest BCUT2D eigenvalue weighted by Crippen LogP contribution is 2.12. The van der Waals surface area contributed by atoms with Gasteiger partial charge < -0.3 is 9.53 Å². The number of hydrogen-bond donors (Lipinski definition) is 0. The zero-order chi connectivity index (χ0) is 17.2. The van der Waals surface area contributed by atoms with Crippen molar-refractivity contribution in [3.05, 3.63) is 83.4 Å². The van der Waals surface area contributed by atoms with Gasteiger partial charge in [0, 0.05) is 6.42 Å². The summed E-state index contributed by atoms with van der Waals surface area (Å²) in [5.74, 6) is 0.242. The van der Waals surface area contributed by atoms with E-state index in [1.807, 2.05) is 18.2 Å². The quantitative estimate of drug-likeness (QED) is 0.581. The highest BCUT2D eigenvalue weighted by molar-refractivity contribution is 5.75. The molecule has 2 rings (SSSR count). The Balaban J connectivity index is 1.66. The topological polar surface area (TPSA) is 26.3 Å². The number of benzene rings is 2. The van der Waals surface area contributed by atoms with Gasteiger partial charge in [-0.15, -0.1) is 0 Å². The van der Waals surface area contributed by atoms with Gasteiger partial charge in [-0.1, -0.05) is 66.7 Å². The van der Waals surface area contributed by atoms with E-state index in [-0.39, 0.29) is 5.78 Å². The Morgan fingerprint density at radius 2 is 1.46 bits per heavy atom. The Bertz CT molecular complexity index is 641. The maximum absolute atomic E-state index is 11.0. The van der Waals surface area contributed by atoms with Crippen LogP contribution < -0.4 is 0 Å². The van der Waals surface area contributed by atoms with Crippen molar-refractivity contribution >= 4 is 5.78 Å². The van der Waals surface area contributed by atoms with Gasteiger partial charge in [0.15, 0.2) is 0 Å². The summed E-state index contributed by atoms with van der Waals surface area (Å²) in [6.07, 6.45) is 3.35. The number of aryl methyl sites for hydroxylation is 2. The van der Waals surface area contributed by atoms with Crippen LogP contribution in [0.3, 0.4) is 0 Å². The second-order valence-electron chi connectivity index (χ2n) is 6.25. The van der Waals surface area contributed by atoms with E-state index >= 15 is 0 Å². The van der Waals surface area contributed by atoms with Crippen LogP contribution in [0.15, 0.2) is 66.7 Å². The minimum absolute atomic E-state index is 0.242. The van der Waals surface area contributed by atoms with Crippen molar-refractivity contribution < 1.29 is 9.53 Å².